The Kier molecular flexibility index (Phi) is 7.50. The minimum atomic E-state index is -0.674. The first-order valence-corrected chi connectivity index (χ1v) is 8.59. The third kappa shape index (κ3) is 5.14. The van der Waals surface area contributed by atoms with Crippen LogP contribution in [0.1, 0.15) is 20.7 Å². The Morgan fingerprint density at radius 1 is 0.704 bits per heavy atom. The molecule has 0 heterocycles. The van der Waals surface area contributed by atoms with Gasteiger partial charge in [0.1, 0.15) is 11.5 Å². The Labute approximate surface area is 175 Å². The fourth-order valence-electron chi connectivity index (χ4n) is 1.97. The van der Waals surface area contributed by atoms with Crippen LogP contribution in [0, 0.1) is 0 Å². The highest BCUT2D eigenvalue weighted by Crippen LogP contribution is 2.32. The topological polar surface area (TPSA) is 71.1 Å². The third-order valence-corrected chi connectivity index (χ3v) is 4.37. The largest absolute Gasteiger partial charge is 0.658 e. The van der Waals surface area contributed by atoms with Gasteiger partial charge in [-0.2, -0.15) is 0 Å². The second kappa shape index (κ2) is 9.42. The highest BCUT2D eigenvalue weighted by molar-refractivity contribution is 6.40. The smallest absolute Gasteiger partial charge is 0.526 e. The predicted octanol–water partition coefficient (Wildman–Crippen LogP) is 4.87. The maximum Gasteiger partial charge on any atom is 0.658 e. The van der Waals surface area contributed by atoms with Gasteiger partial charge >= 0.3 is 19.6 Å². The lowest BCUT2D eigenvalue weighted by Crippen LogP contribution is -2.12. The summed E-state index contributed by atoms with van der Waals surface area (Å²) in [5.41, 5.74) is 0.0390. The summed E-state index contributed by atoms with van der Waals surface area (Å²) in [6, 6.07) is 5.44. The van der Waals surface area contributed by atoms with Gasteiger partial charge < -0.3 is 18.8 Å². The van der Waals surface area contributed by atoms with Crippen LogP contribution in [0.15, 0.2) is 24.3 Å². The van der Waals surface area contributed by atoms with Gasteiger partial charge in [-0.1, -0.05) is 46.4 Å². The number of benzene rings is 2. The maximum absolute atomic E-state index is 11.6. The number of carbonyl (C=O) groups is 2. The first kappa shape index (κ1) is 21.5. The molecule has 0 N–H and O–H groups in total. The zero-order valence-corrected chi connectivity index (χ0v) is 16.9. The standard InChI is InChI=1S/C16H10BCl4O6/c1-24-15(22)13-9(18)3-7(4-10(13)19)26-17-27-8-5-11(20)14(12(21)6-8)16(23)25-2/h3-6H,1-2H3. The van der Waals surface area contributed by atoms with Gasteiger partial charge in [-0.3, -0.25) is 0 Å². The number of hydrogen-bond donors (Lipinski definition) is 0. The SMILES string of the molecule is COC(=O)c1c(Cl)cc(O[B]Oc2cc(Cl)c(C(=O)OC)c(Cl)c2)cc1Cl. The molecule has 0 saturated carbocycles. The van der Waals surface area contributed by atoms with E-state index in [1.165, 1.54) is 38.5 Å². The van der Waals surface area contributed by atoms with E-state index in [1.54, 1.807) is 0 Å². The molecule has 0 atom stereocenters. The van der Waals surface area contributed by atoms with Crippen molar-refractivity contribution in [1.82, 2.24) is 0 Å². The molecule has 0 bridgehead atoms. The lowest BCUT2D eigenvalue weighted by atomic mass is 10.2. The lowest BCUT2D eigenvalue weighted by molar-refractivity contribution is 0.0592. The minimum absolute atomic E-state index is 0.0195. The predicted molar refractivity (Wildman–Crippen MR) is 103 cm³/mol. The second-order valence-corrected chi connectivity index (χ2v) is 6.47. The molecule has 1 radical (unpaired) electrons. The Hall–Kier alpha value is -1.80. The first-order valence-electron chi connectivity index (χ1n) is 7.08. The van der Waals surface area contributed by atoms with E-state index in [2.05, 4.69) is 9.47 Å². The third-order valence-electron chi connectivity index (χ3n) is 3.18. The van der Waals surface area contributed by atoms with E-state index in [0.717, 1.165) is 7.69 Å². The summed E-state index contributed by atoms with van der Waals surface area (Å²) in [6.07, 6.45) is 0. The normalized spacial score (nSPS) is 10.1. The summed E-state index contributed by atoms with van der Waals surface area (Å²) in [5, 5.41) is 0.190. The second-order valence-electron chi connectivity index (χ2n) is 4.84. The summed E-state index contributed by atoms with van der Waals surface area (Å²) in [5.74, 6) is -0.930. The molecule has 11 heteroatoms. The van der Waals surface area contributed by atoms with Crippen molar-refractivity contribution in [1.29, 1.82) is 0 Å². The van der Waals surface area contributed by atoms with Gasteiger partial charge in [0.15, 0.2) is 0 Å². The molecule has 0 saturated heterocycles. The lowest BCUT2D eigenvalue weighted by Gasteiger charge is -2.11. The number of rotatable bonds is 6. The van der Waals surface area contributed by atoms with Crippen molar-refractivity contribution in [3.63, 3.8) is 0 Å². The first-order chi connectivity index (χ1) is 12.8. The number of hydrogen-bond acceptors (Lipinski definition) is 6. The van der Waals surface area contributed by atoms with Gasteiger partial charge in [0.05, 0.1) is 45.4 Å². The number of esters is 2. The summed E-state index contributed by atoms with van der Waals surface area (Å²) in [4.78, 5) is 23.2. The zero-order valence-electron chi connectivity index (χ0n) is 13.8. The zero-order chi connectivity index (χ0) is 20.1. The van der Waals surface area contributed by atoms with Crippen LogP contribution in [0.4, 0.5) is 0 Å². The number of carbonyl (C=O) groups excluding carboxylic acids is 2. The highest BCUT2D eigenvalue weighted by atomic mass is 35.5. The molecule has 2 aromatic rings. The quantitative estimate of drug-likeness (QED) is 0.462. The fraction of sp³-hybridized carbons (Fsp3) is 0.125. The van der Waals surface area contributed by atoms with Gasteiger partial charge in [-0.15, -0.1) is 0 Å². The van der Waals surface area contributed by atoms with E-state index >= 15 is 0 Å². The van der Waals surface area contributed by atoms with Crippen molar-refractivity contribution < 1.29 is 28.4 Å². The van der Waals surface area contributed by atoms with Crippen LogP contribution in [0.5, 0.6) is 11.5 Å². The van der Waals surface area contributed by atoms with Crippen molar-refractivity contribution in [3.05, 3.63) is 55.5 Å². The van der Waals surface area contributed by atoms with Crippen LogP contribution in [-0.4, -0.2) is 33.8 Å². The van der Waals surface area contributed by atoms with Crippen LogP contribution < -0.4 is 9.31 Å². The Balaban J connectivity index is 2.09. The van der Waals surface area contributed by atoms with E-state index in [4.69, 9.17) is 55.7 Å². The molecule has 27 heavy (non-hydrogen) atoms. The fourth-order valence-corrected chi connectivity index (χ4v) is 3.21. The monoisotopic (exact) mass is 449 g/mol. The van der Waals surface area contributed by atoms with E-state index in [-0.39, 0.29) is 42.7 Å². The Morgan fingerprint density at radius 3 is 1.26 bits per heavy atom. The molecular formula is C16H10BCl4O6. The molecule has 141 valence electrons. The van der Waals surface area contributed by atoms with Crippen molar-refractivity contribution in [3.8, 4) is 11.5 Å². The van der Waals surface area contributed by atoms with Gasteiger partial charge in [0.25, 0.3) is 0 Å². The van der Waals surface area contributed by atoms with Gasteiger partial charge in [-0.05, 0) is 24.3 Å². The molecular weight excluding hydrogens is 441 g/mol. The molecule has 6 nitrogen and oxygen atoms in total. The molecule has 2 aromatic carbocycles. The molecule has 0 unspecified atom stereocenters. The number of ether oxygens (including phenoxy) is 2. The Bertz CT molecular complexity index is 772. The number of methoxy groups -OCH3 is 2. The molecule has 0 aliphatic carbocycles. The maximum atomic E-state index is 11.6. The van der Waals surface area contributed by atoms with Gasteiger partial charge in [0.2, 0.25) is 0 Å². The van der Waals surface area contributed by atoms with E-state index < -0.39 is 11.9 Å². The van der Waals surface area contributed by atoms with Crippen molar-refractivity contribution >= 4 is 66.0 Å². The molecule has 0 fully saturated rings. The molecule has 0 aromatic heterocycles. The molecule has 0 aliphatic rings. The van der Waals surface area contributed by atoms with Crippen LogP contribution >= 0.6 is 46.4 Å². The number of halogens is 4. The summed E-state index contributed by atoms with van der Waals surface area (Å²) in [6.45, 7) is 0. The van der Waals surface area contributed by atoms with E-state index in [0.29, 0.717) is 0 Å². The molecule has 0 spiro atoms. The van der Waals surface area contributed by atoms with Gasteiger partial charge in [0, 0.05) is 0 Å². The minimum Gasteiger partial charge on any atom is -0.526 e. The summed E-state index contributed by atoms with van der Waals surface area (Å²) in [7, 11) is 3.39. The van der Waals surface area contributed by atoms with Crippen molar-refractivity contribution in [2.75, 3.05) is 14.2 Å². The summed E-state index contributed by atoms with van der Waals surface area (Å²) < 4.78 is 19.7. The highest BCUT2D eigenvalue weighted by Gasteiger charge is 2.19. The van der Waals surface area contributed by atoms with Gasteiger partial charge in [-0.25, -0.2) is 9.59 Å². The van der Waals surface area contributed by atoms with Crippen LogP contribution in [-0.2, 0) is 9.47 Å². The van der Waals surface area contributed by atoms with E-state index in [1.807, 2.05) is 0 Å². The average Bonchev–Trinajstić information content (AvgIpc) is 2.60. The molecule has 0 amide bonds. The van der Waals surface area contributed by atoms with Crippen LogP contribution in [0.25, 0.3) is 0 Å². The average molecular weight is 451 g/mol. The molecule has 2 rings (SSSR count). The van der Waals surface area contributed by atoms with Crippen molar-refractivity contribution in [2.24, 2.45) is 0 Å². The Morgan fingerprint density at radius 2 is 1.00 bits per heavy atom. The molecule has 0 aliphatic heterocycles. The van der Waals surface area contributed by atoms with Crippen LogP contribution in [0.2, 0.25) is 20.1 Å². The van der Waals surface area contributed by atoms with Crippen molar-refractivity contribution in [2.45, 2.75) is 0 Å². The summed E-state index contributed by atoms with van der Waals surface area (Å²) >= 11 is 24.0. The van der Waals surface area contributed by atoms with Crippen LogP contribution in [0.3, 0.4) is 0 Å². The van der Waals surface area contributed by atoms with E-state index in [9.17, 15) is 9.59 Å².